The van der Waals surface area contributed by atoms with Gasteiger partial charge in [0.1, 0.15) is 5.82 Å². The zero-order chi connectivity index (χ0) is 22.6. The van der Waals surface area contributed by atoms with E-state index < -0.39 is 5.54 Å². The molecule has 8 nitrogen and oxygen atoms in total. The zero-order valence-electron chi connectivity index (χ0n) is 18.5. The molecule has 32 heavy (non-hydrogen) atoms. The van der Waals surface area contributed by atoms with Gasteiger partial charge in [0.25, 0.3) is 0 Å². The molecule has 3 heterocycles. The number of nitrogens with one attached hydrogen (secondary N) is 1. The first-order valence-electron chi connectivity index (χ1n) is 11.3. The molecule has 2 saturated heterocycles. The summed E-state index contributed by atoms with van der Waals surface area (Å²) in [6, 6.07) is 6.19. The van der Waals surface area contributed by atoms with Gasteiger partial charge in [-0.25, -0.2) is 4.39 Å². The van der Waals surface area contributed by atoms with Crippen LogP contribution in [0.3, 0.4) is 0 Å². The minimum absolute atomic E-state index is 0.000884. The van der Waals surface area contributed by atoms with Crippen molar-refractivity contribution in [1.82, 2.24) is 30.4 Å². The van der Waals surface area contributed by atoms with Gasteiger partial charge in [-0.05, 0) is 91.8 Å². The van der Waals surface area contributed by atoms with E-state index >= 15 is 0 Å². The highest BCUT2D eigenvalue weighted by Crippen LogP contribution is 2.32. The number of benzene rings is 1. The Kier molecular flexibility index (Phi) is 6.95. The van der Waals surface area contributed by atoms with Gasteiger partial charge in [-0.3, -0.25) is 4.79 Å². The number of piperidine rings is 1. The molecule has 0 aliphatic carbocycles. The molecule has 0 saturated carbocycles. The number of tetrazole rings is 1. The molecule has 4 rings (SSSR count). The maximum atomic E-state index is 13.4. The number of nitrogens with zero attached hydrogens (tertiary/aromatic N) is 5. The van der Waals surface area contributed by atoms with Crippen LogP contribution < -0.4 is 5.32 Å². The molecule has 172 valence electrons. The number of hydrogen-bond acceptors (Lipinski definition) is 6. The van der Waals surface area contributed by atoms with E-state index in [1.54, 1.807) is 16.8 Å². The normalized spacial score (nSPS) is 21.4. The van der Waals surface area contributed by atoms with Crippen LogP contribution in [0.25, 0.3) is 5.69 Å². The van der Waals surface area contributed by atoms with Crippen molar-refractivity contribution in [3.63, 3.8) is 0 Å². The van der Waals surface area contributed by atoms with Gasteiger partial charge in [0.05, 0.1) is 11.2 Å². The molecule has 1 N–H and O–H groups in total. The highest BCUT2D eigenvalue weighted by Gasteiger charge is 2.37. The van der Waals surface area contributed by atoms with Gasteiger partial charge in [-0.1, -0.05) is 6.58 Å². The summed E-state index contributed by atoms with van der Waals surface area (Å²) < 4.78 is 20.7. The lowest BCUT2D eigenvalue weighted by atomic mass is 9.86. The first kappa shape index (κ1) is 22.5. The molecule has 2 aliphatic rings. The van der Waals surface area contributed by atoms with Crippen molar-refractivity contribution in [2.45, 2.75) is 38.1 Å². The molecule has 1 aromatic carbocycles. The minimum atomic E-state index is -0.482. The fourth-order valence-corrected chi connectivity index (χ4v) is 4.71. The summed E-state index contributed by atoms with van der Waals surface area (Å²) >= 11 is 0. The number of carbonyl (C=O) groups is 1. The summed E-state index contributed by atoms with van der Waals surface area (Å²) in [5.74, 6) is 1.28. The number of likely N-dealkylation sites (tertiary alicyclic amines) is 1. The smallest absolute Gasteiger partial charge is 0.245 e. The Hall–Kier alpha value is -2.65. The average molecular weight is 443 g/mol. The van der Waals surface area contributed by atoms with E-state index in [0.29, 0.717) is 17.7 Å². The predicted octanol–water partition coefficient (Wildman–Crippen LogP) is 2.46. The summed E-state index contributed by atoms with van der Waals surface area (Å²) in [5, 5.41) is 16.3. The van der Waals surface area contributed by atoms with Crippen LogP contribution in [0.1, 0.15) is 38.4 Å². The van der Waals surface area contributed by atoms with Crippen LogP contribution >= 0.6 is 0 Å². The Bertz CT molecular complexity index is 919. The van der Waals surface area contributed by atoms with E-state index in [1.165, 1.54) is 18.2 Å². The van der Waals surface area contributed by atoms with E-state index in [1.807, 2.05) is 4.90 Å². The van der Waals surface area contributed by atoms with Crippen LogP contribution in [0.4, 0.5) is 4.39 Å². The lowest BCUT2D eigenvalue weighted by Crippen LogP contribution is -2.47. The van der Waals surface area contributed by atoms with Gasteiger partial charge in [0.2, 0.25) is 5.91 Å². The molecule has 2 aliphatic heterocycles. The Labute approximate surface area is 187 Å². The second-order valence-electron chi connectivity index (χ2n) is 9.01. The molecule has 0 bridgehead atoms. The molecule has 1 amide bonds. The molecule has 2 atom stereocenters. The maximum Gasteiger partial charge on any atom is 0.245 e. The van der Waals surface area contributed by atoms with Crippen LogP contribution in [0.2, 0.25) is 0 Å². The van der Waals surface area contributed by atoms with E-state index in [9.17, 15) is 9.18 Å². The van der Waals surface area contributed by atoms with E-state index in [0.717, 1.165) is 64.2 Å². The van der Waals surface area contributed by atoms with Crippen molar-refractivity contribution >= 4 is 5.91 Å². The number of aromatic nitrogens is 4. The average Bonchev–Trinajstić information content (AvgIpc) is 3.51. The molecular weight excluding hydrogens is 411 g/mol. The van der Waals surface area contributed by atoms with Gasteiger partial charge in [-0.15, -0.1) is 5.10 Å². The standard InChI is InChI=1S/C23H31FN6O2/c1-3-21(31)29-11-8-17(9-12-29)15-25-23(2,14-18-10-13-32-16-18)22-26-27-28-30(22)20-6-4-19(24)5-7-20/h3-7,17-18,25H,1,8-16H2,2H3. The van der Waals surface area contributed by atoms with Gasteiger partial charge >= 0.3 is 0 Å². The van der Waals surface area contributed by atoms with Gasteiger partial charge in [0, 0.05) is 26.3 Å². The van der Waals surface area contributed by atoms with Crippen LogP contribution in [-0.2, 0) is 15.1 Å². The molecule has 2 unspecified atom stereocenters. The van der Waals surface area contributed by atoms with Gasteiger partial charge < -0.3 is 15.0 Å². The summed E-state index contributed by atoms with van der Waals surface area (Å²) in [4.78, 5) is 13.7. The van der Waals surface area contributed by atoms with Crippen LogP contribution in [0, 0.1) is 17.7 Å². The molecule has 2 aromatic rings. The first-order valence-corrected chi connectivity index (χ1v) is 11.3. The summed E-state index contributed by atoms with van der Waals surface area (Å²) in [6.45, 7) is 9.52. The summed E-state index contributed by atoms with van der Waals surface area (Å²) in [5.41, 5.74) is 0.239. The van der Waals surface area contributed by atoms with Crippen molar-refractivity contribution in [3.05, 3.63) is 48.6 Å². The second kappa shape index (κ2) is 9.87. The Balaban J connectivity index is 1.51. The van der Waals surface area contributed by atoms with Crippen LogP contribution in [0.5, 0.6) is 0 Å². The Morgan fingerprint density at radius 2 is 2.03 bits per heavy atom. The molecular formula is C23H31FN6O2. The van der Waals surface area contributed by atoms with Crippen molar-refractivity contribution in [1.29, 1.82) is 0 Å². The number of ether oxygens (including phenoxy) is 1. The van der Waals surface area contributed by atoms with Crippen LogP contribution in [0.15, 0.2) is 36.9 Å². The van der Waals surface area contributed by atoms with Crippen molar-refractivity contribution in [3.8, 4) is 5.69 Å². The Morgan fingerprint density at radius 1 is 1.28 bits per heavy atom. The van der Waals surface area contributed by atoms with E-state index in [4.69, 9.17) is 4.74 Å². The van der Waals surface area contributed by atoms with Gasteiger partial charge in [0.15, 0.2) is 5.82 Å². The molecule has 0 spiro atoms. The number of carbonyl (C=O) groups excluding carboxylic acids is 1. The van der Waals surface area contributed by atoms with Crippen LogP contribution in [-0.4, -0.2) is 63.9 Å². The quantitative estimate of drug-likeness (QED) is 0.632. The van der Waals surface area contributed by atoms with E-state index in [2.05, 4.69) is 34.3 Å². The highest BCUT2D eigenvalue weighted by molar-refractivity contribution is 5.87. The molecule has 0 radical (unpaired) electrons. The maximum absolute atomic E-state index is 13.4. The molecule has 2 fully saturated rings. The monoisotopic (exact) mass is 442 g/mol. The lowest BCUT2D eigenvalue weighted by molar-refractivity contribution is -0.127. The fraction of sp³-hybridized carbons (Fsp3) is 0.565. The Morgan fingerprint density at radius 3 is 2.69 bits per heavy atom. The fourth-order valence-electron chi connectivity index (χ4n) is 4.71. The first-order chi connectivity index (χ1) is 15.5. The summed E-state index contributed by atoms with van der Waals surface area (Å²) in [6.07, 6.45) is 5.12. The SMILES string of the molecule is C=CC(=O)N1CCC(CNC(C)(CC2CCOC2)c2nnnn2-c2ccc(F)cc2)CC1. The van der Waals surface area contributed by atoms with Crippen molar-refractivity contribution < 1.29 is 13.9 Å². The largest absolute Gasteiger partial charge is 0.381 e. The van der Waals surface area contributed by atoms with Crippen molar-refractivity contribution in [2.75, 3.05) is 32.8 Å². The third-order valence-corrected chi connectivity index (χ3v) is 6.64. The van der Waals surface area contributed by atoms with E-state index in [-0.39, 0.29) is 11.7 Å². The number of rotatable bonds is 8. The number of amides is 1. The lowest BCUT2D eigenvalue weighted by Gasteiger charge is -2.36. The topological polar surface area (TPSA) is 85.2 Å². The van der Waals surface area contributed by atoms with Gasteiger partial charge in [-0.2, -0.15) is 4.68 Å². The zero-order valence-corrected chi connectivity index (χ0v) is 18.5. The number of halogens is 1. The molecule has 9 heteroatoms. The third kappa shape index (κ3) is 5.05. The van der Waals surface area contributed by atoms with Crippen molar-refractivity contribution in [2.24, 2.45) is 11.8 Å². The summed E-state index contributed by atoms with van der Waals surface area (Å²) in [7, 11) is 0. The predicted molar refractivity (Wildman–Crippen MR) is 118 cm³/mol. The highest BCUT2D eigenvalue weighted by atomic mass is 19.1. The second-order valence-corrected chi connectivity index (χ2v) is 9.01. The third-order valence-electron chi connectivity index (χ3n) is 6.64. The molecule has 1 aromatic heterocycles. The minimum Gasteiger partial charge on any atom is -0.381 e. The number of hydrogen-bond donors (Lipinski definition) is 1.